The van der Waals surface area contributed by atoms with Gasteiger partial charge in [-0.3, -0.25) is 4.79 Å². The molecule has 2 aliphatic rings. The van der Waals surface area contributed by atoms with Crippen molar-refractivity contribution in [2.75, 3.05) is 19.9 Å². The summed E-state index contributed by atoms with van der Waals surface area (Å²) in [7, 11) is 0. The van der Waals surface area contributed by atoms with Crippen LogP contribution in [0.25, 0.3) is 11.1 Å². The summed E-state index contributed by atoms with van der Waals surface area (Å²) in [6, 6.07) is 13.6. The number of nitrogens with zero attached hydrogens (tertiary/aromatic N) is 1. The van der Waals surface area contributed by atoms with E-state index in [2.05, 4.69) is 0 Å². The van der Waals surface area contributed by atoms with Gasteiger partial charge in [-0.1, -0.05) is 18.2 Å². The Bertz CT molecular complexity index is 760. The van der Waals surface area contributed by atoms with Crippen molar-refractivity contribution in [1.82, 2.24) is 4.90 Å². The molecule has 1 amide bonds. The lowest BCUT2D eigenvalue weighted by atomic mass is 10.0. The number of fused-ring (bicyclic) bond motifs is 1. The number of hydrogen-bond donors (Lipinski definition) is 1. The minimum Gasteiger partial charge on any atom is -0.454 e. The van der Waals surface area contributed by atoms with E-state index < -0.39 is 0 Å². The first-order valence-corrected chi connectivity index (χ1v) is 7.76. The first-order valence-electron chi connectivity index (χ1n) is 7.76. The lowest BCUT2D eigenvalue weighted by Crippen LogP contribution is -2.31. The molecule has 5 nitrogen and oxygen atoms in total. The van der Waals surface area contributed by atoms with Crippen molar-refractivity contribution in [3.8, 4) is 22.6 Å². The Hall–Kier alpha value is -2.53. The molecule has 0 aromatic heterocycles. The predicted octanol–water partition coefficient (Wildman–Crippen LogP) is 2.26. The number of carbonyl (C=O) groups excluding carboxylic acids is 1. The molecular formula is C18H18N2O3. The Morgan fingerprint density at radius 2 is 1.91 bits per heavy atom. The van der Waals surface area contributed by atoms with Gasteiger partial charge in [0.2, 0.25) is 6.79 Å². The van der Waals surface area contributed by atoms with Crippen LogP contribution in [-0.2, 0) is 0 Å². The minimum atomic E-state index is 0.0422. The van der Waals surface area contributed by atoms with Crippen LogP contribution in [0.1, 0.15) is 16.8 Å². The smallest absolute Gasteiger partial charge is 0.253 e. The zero-order chi connectivity index (χ0) is 15.8. The van der Waals surface area contributed by atoms with Crippen molar-refractivity contribution >= 4 is 5.91 Å². The number of carbonyl (C=O) groups is 1. The molecule has 1 fully saturated rings. The molecule has 0 saturated carbocycles. The molecule has 118 valence electrons. The van der Waals surface area contributed by atoms with Crippen molar-refractivity contribution < 1.29 is 14.3 Å². The van der Waals surface area contributed by atoms with E-state index in [-0.39, 0.29) is 18.7 Å². The SMILES string of the molecule is NC1CCN(C(=O)c2cccc(-c3ccc4c(c3)OCO4)c2)C1. The van der Waals surface area contributed by atoms with Gasteiger partial charge in [-0.25, -0.2) is 0 Å². The first-order chi connectivity index (χ1) is 11.2. The van der Waals surface area contributed by atoms with E-state index in [9.17, 15) is 4.79 Å². The molecule has 0 radical (unpaired) electrons. The molecule has 2 aromatic carbocycles. The molecule has 1 saturated heterocycles. The van der Waals surface area contributed by atoms with E-state index in [0.29, 0.717) is 12.1 Å². The molecule has 2 aromatic rings. The number of nitrogens with two attached hydrogens (primary N) is 1. The number of amides is 1. The Morgan fingerprint density at radius 3 is 2.74 bits per heavy atom. The van der Waals surface area contributed by atoms with Gasteiger partial charge in [-0.15, -0.1) is 0 Å². The predicted molar refractivity (Wildman–Crippen MR) is 86.5 cm³/mol. The number of hydrogen-bond acceptors (Lipinski definition) is 4. The second-order valence-corrected chi connectivity index (χ2v) is 5.95. The van der Waals surface area contributed by atoms with Crippen molar-refractivity contribution in [3.05, 3.63) is 48.0 Å². The number of benzene rings is 2. The average Bonchev–Trinajstić information content (AvgIpc) is 3.22. The van der Waals surface area contributed by atoms with E-state index in [1.54, 1.807) is 0 Å². The minimum absolute atomic E-state index is 0.0422. The van der Waals surface area contributed by atoms with E-state index in [4.69, 9.17) is 15.2 Å². The third-order valence-corrected chi connectivity index (χ3v) is 4.33. The molecule has 2 aliphatic heterocycles. The zero-order valence-electron chi connectivity index (χ0n) is 12.7. The lowest BCUT2D eigenvalue weighted by Gasteiger charge is -2.16. The summed E-state index contributed by atoms with van der Waals surface area (Å²) in [6.45, 7) is 1.62. The topological polar surface area (TPSA) is 64.8 Å². The zero-order valence-corrected chi connectivity index (χ0v) is 12.7. The van der Waals surface area contributed by atoms with Crippen molar-refractivity contribution in [3.63, 3.8) is 0 Å². The third kappa shape index (κ3) is 2.64. The summed E-state index contributed by atoms with van der Waals surface area (Å²) in [6.07, 6.45) is 0.869. The molecular weight excluding hydrogens is 292 g/mol. The highest BCUT2D eigenvalue weighted by Gasteiger charge is 2.24. The second kappa shape index (κ2) is 5.59. The van der Waals surface area contributed by atoms with E-state index in [1.807, 2.05) is 47.4 Å². The van der Waals surface area contributed by atoms with Gasteiger partial charge in [0.15, 0.2) is 11.5 Å². The van der Waals surface area contributed by atoms with Gasteiger partial charge in [0, 0.05) is 24.7 Å². The van der Waals surface area contributed by atoms with Gasteiger partial charge in [0.05, 0.1) is 0 Å². The van der Waals surface area contributed by atoms with Gasteiger partial charge in [0.1, 0.15) is 0 Å². The Balaban J connectivity index is 1.62. The summed E-state index contributed by atoms with van der Waals surface area (Å²) < 4.78 is 10.8. The number of likely N-dealkylation sites (tertiary alicyclic amines) is 1. The fourth-order valence-electron chi connectivity index (χ4n) is 3.06. The standard InChI is InChI=1S/C18H18N2O3/c19-15-6-7-20(10-15)18(21)14-3-1-2-12(8-14)13-4-5-16-17(9-13)23-11-22-16/h1-5,8-9,15H,6-7,10-11,19H2. The van der Waals surface area contributed by atoms with Crippen LogP contribution in [0.3, 0.4) is 0 Å². The van der Waals surface area contributed by atoms with Gasteiger partial charge >= 0.3 is 0 Å². The van der Waals surface area contributed by atoms with Crippen LogP contribution in [0, 0.1) is 0 Å². The molecule has 0 spiro atoms. The molecule has 1 atom stereocenters. The van der Waals surface area contributed by atoms with Crippen LogP contribution in [0.4, 0.5) is 0 Å². The molecule has 5 heteroatoms. The van der Waals surface area contributed by atoms with Crippen LogP contribution in [0.5, 0.6) is 11.5 Å². The molecule has 1 unspecified atom stereocenters. The van der Waals surface area contributed by atoms with Gasteiger partial charge in [0.25, 0.3) is 5.91 Å². The van der Waals surface area contributed by atoms with E-state index >= 15 is 0 Å². The molecule has 4 rings (SSSR count). The quantitative estimate of drug-likeness (QED) is 0.924. The van der Waals surface area contributed by atoms with Crippen LogP contribution >= 0.6 is 0 Å². The summed E-state index contributed by atoms with van der Waals surface area (Å²) in [4.78, 5) is 14.4. The lowest BCUT2D eigenvalue weighted by molar-refractivity contribution is 0.0791. The molecule has 23 heavy (non-hydrogen) atoms. The first kappa shape index (κ1) is 14.1. The highest BCUT2D eigenvalue weighted by molar-refractivity contribution is 5.95. The second-order valence-electron chi connectivity index (χ2n) is 5.95. The molecule has 0 aliphatic carbocycles. The van der Waals surface area contributed by atoms with Crippen LogP contribution in [-0.4, -0.2) is 36.7 Å². The largest absolute Gasteiger partial charge is 0.454 e. The monoisotopic (exact) mass is 310 g/mol. The van der Waals surface area contributed by atoms with E-state index in [1.165, 1.54) is 0 Å². The third-order valence-electron chi connectivity index (χ3n) is 4.33. The normalized spacial score (nSPS) is 19.2. The number of rotatable bonds is 2. The fraction of sp³-hybridized carbons (Fsp3) is 0.278. The van der Waals surface area contributed by atoms with Crippen LogP contribution < -0.4 is 15.2 Å². The number of ether oxygens (including phenoxy) is 2. The molecule has 0 bridgehead atoms. The van der Waals surface area contributed by atoms with Gasteiger partial charge < -0.3 is 20.1 Å². The maximum Gasteiger partial charge on any atom is 0.253 e. The maximum atomic E-state index is 12.6. The Morgan fingerprint density at radius 1 is 1.09 bits per heavy atom. The summed E-state index contributed by atoms with van der Waals surface area (Å²) in [5.74, 6) is 1.54. The fourth-order valence-corrected chi connectivity index (χ4v) is 3.06. The molecule has 2 N–H and O–H groups in total. The van der Waals surface area contributed by atoms with Crippen molar-refractivity contribution in [1.29, 1.82) is 0 Å². The van der Waals surface area contributed by atoms with Gasteiger partial charge in [-0.2, -0.15) is 0 Å². The molecule has 2 heterocycles. The van der Waals surface area contributed by atoms with Gasteiger partial charge in [-0.05, 0) is 41.8 Å². The Labute approximate surface area is 134 Å². The van der Waals surface area contributed by atoms with Crippen LogP contribution in [0.2, 0.25) is 0 Å². The summed E-state index contributed by atoms with van der Waals surface area (Å²) >= 11 is 0. The van der Waals surface area contributed by atoms with Crippen molar-refractivity contribution in [2.45, 2.75) is 12.5 Å². The highest BCUT2D eigenvalue weighted by Crippen LogP contribution is 2.36. The van der Waals surface area contributed by atoms with E-state index in [0.717, 1.165) is 35.6 Å². The summed E-state index contributed by atoms with van der Waals surface area (Å²) in [5, 5.41) is 0. The van der Waals surface area contributed by atoms with Crippen molar-refractivity contribution in [2.24, 2.45) is 5.73 Å². The highest BCUT2D eigenvalue weighted by atomic mass is 16.7. The Kier molecular flexibility index (Phi) is 3.42. The summed E-state index contributed by atoms with van der Waals surface area (Å²) in [5.41, 5.74) is 8.57. The maximum absolute atomic E-state index is 12.6. The van der Waals surface area contributed by atoms with Crippen LogP contribution in [0.15, 0.2) is 42.5 Å². The average molecular weight is 310 g/mol.